The molecule has 0 saturated carbocycles. The third-order valence-corrected chi connectivity index (χ3v) is 5.14. The van der Waals surface area contributed by atoms with E-state index in [9.17, 15) is 9.59 Å². The second kappa shape index (κ2) is 8.41. The molecule has 0 atom stereocenters. The fraction of sp³-hybridized carbons (Fsp3) is 0.200. The number of carbonyl (C=O) groups excluding carboxylic acids is 1. The minimum atomic E-state index is -0.447. The predicted molar refractivity (Wildman–Crippen MR) is 108 cm³/mol. The molecule has 0 unspecified atom stereocenters. The van der Waals surface area contributed by atoms with Gasteiger partial charge in [0.1, 0.15) is 11.3 Å². The smallest absolute Gasteiger partial charge is 0.336 e. The quantitative estimate of drug-likeness (QED) is 0.433. The molecule has 0 aliphatic rings. The minimum absolute atomic E-state index is 0.180. The second-order valence-corrected chi connectivity index (χ2v) is 7.40. The van der Waals surface area contributed by atoms with Crippen molar-refractivity contribution in [2.75, 3.05) is 13.2 Å². The molecule has 140 valence electrons. The summed E-state index contributed by atoms with van der Waals surface area (Å²) in [5.74, 6) is 0.103. The number of hydrogen-bond acceptors (Lipinski definition) is 5. The van der Waals surface area contributed by atoms with Crippen molar-refractivity contribution in [2.45, 2.75) is 13.5 Å². The molecular formula is C20H18ClNO4S. The molecule has 0 N–H and O–H groups in total. The van der Waals surface area contributed by atoms with Gasteiger partial charge in [0.25, 0.3) is 5.91 Å². The summed E-state index contributed by atoms with van der Waals surface area (Å²) >= 11 is 7.85. The number of ether oxygens (including phenoxy) is 1. The predicted octanol–water partition coefficient (Wildman–Crippen LogP) is 4.41. The van der Waals surface area contributed by atoms with Gasteiger partial charge in [0.2, 0.25) is 0 Å². The average molecular weight is 404 g/mol. The number of aryl methyl sites for hydroxylation is 1. The van der Waals surface area contributed by atoms with E-state index in [1.165, 1.54) is 12.1 Å². The number of thiophene rings is 1. The monoisotopic (exact) mass is 403 g/mol. The zero-order valence-electron chi connectivity index (χ0n) is 14.7. The summed E-state index contributed by atoms with van der Waals surface area (Å²) in [6, 6.07) is 8.52. The molecule has 0 aliphatic heterocycles. The molecule has 0 aliphatic carbocycles. The van der Waals surface area contributed by atoms with Crippen LogP contribution in [0.3, 0.4) is 0 Å². The summed E-state index contributed by atoms with van der Waals surface area (Å²) in [5.41, 5.74) is 0.685. The van der Waals surface area contributed by atoms with Crippen LogP contribution in [0, 0.1) is 6.92 Å². The van der Waals surface area contributed by atoms with E-state index in [1.807, 2.05) is 17.5 Å². The first-order valence-corrected chi connectivity index (χ1v) is 9.51. The molecule has 3 rings (SSSR count). The maximum atomic E-state index is 12.6. The third-order valence-electron chi connectivity index (χ3n) is 3.98. The van der Waals surface area contributed by atoms with E-state index in [0.29, 0.717) is 29.4 Å². The first-order valence-electron chi connectivity index (χ1n) is 8.26. The highest BCUT2D eigenvalue weighted by Gasteiger charge is 2.16. The van der Waals surface area contributed by atoms with Gasteiger partial charge in [0, 0.05) is 28.9 Å². The van der Waals surface area contributed by atoms with Gasteiger partial charge in [-0.2, -0.15) is 0 Å². The fourth-order valence-corrected chi connectivity index (χ4v) is 3.60. The molecule has 5 nitrogen and oxygen atoms in total. The van der Waals surface area contributed by atoms with Crippen molar-refractivity contribution in [3.05, 3.63) is 74.3 Å². The zero-order valence-corrected chi connectivity index (χ0v) is 16.3. The lowest BCUT2D eigenvalue weighted by Gasteiger charge is -2.20. The maximum absolute atomic E-state index is 12.6. The van der Waals surface area contributed by atoms with Gasteiger partial charge in [0.05, 0.1) is 11.6 Å². The molecule has 3 aromatic rings. The highest BCUT2D eigenvalue weighted by molar-refractivity contribution is 7.09. The molecule has 2 heterocycles. The lowest BCUT2D eigenvalue weighted by atomic mass is 10.1. The van der Waals surface area contributed by atoms with Crippen LogP contribution in [-0.4, -0.2) is 24.0 Å². The van der Waals surface area contributed by atoms with E-state index >= 15 is 0 Å². The molecule has 1 aromatic carbocycles. The Balaban J connectivity index is 1.76. The van der Waals surface area contributed by atoms with E-state index in [-0.39, 0.29) is 12.5 Å². The molecule has 1 amide bonds. The van der Waals surface area contributed by atoms with E-state index in [4.69, 9.17) is 20.8 Å². The van der Waals surface area contributed by atoms with Crippen molar-refractivity contribution in [2.24, 2.45) is 0 Å². The summed E-state index contributed by atoms with van der Waals surface area (Å²) in [6.07, 6.45) is 1.67. The number of benzene rings is 1. The molecule has 7 heteroatoms. The van der Waals surface area contributed by atoms with Gasteiger partial charge >= 0.3 is 5.63 Å². The van der Waals surface area contributed by atoms with Crippen molar-refractivity contribution in [3.8, 4) is 5.75 Å². The van der Waals surface area contributed by atoms with Crippen LogP contribution in [0.15, 0.2) is 57.6 Å². The Bertz CT molecular complexity index is 1030. The first kappa shape index (κ1) is 19.2. The Hall–Kier alpha value is -2.57. The Morgan fingerprint density at radius 3 is 2.93 bits per heavy atom. The lowest BCUT2D eigenvalue weighted by Crippen LogP contribution is -2.34. The molecule has 0 radical (unpaired) electrons. The highest BCUT2D eigenvalue weighted by Crippen LogP contribution is 2.31. The number of halogens is 1. The fourth-order valence-electron chi connectivity index (χ4n) is 2.66. The average Bonchev–Trinajstić information content (AvgIpc) is 3.13. The Kier molecular flexibility index (Phi) is 5.98. The van der Waals surface area contributed by atoms with Crippen molar-refractivity contribution < 1.29 is 13.9 Å². The second-order valence-electron chi connectivity index (χ2n) is 5.96. The number of nitrogens with zero attached hydrogens (tertiary/aromatic N) is 1. The Morgan fingerprint density at radius 2 is 2.22 bits per heavy atom. The van der Waals surface area contributed by atoms with E-state index < -0.39 is 5.63 Å². The molecule has 2 aromatic heterocycles. The van der Waals surface area contributed by atoms with E-state index in [1.54, 1.807) is 35.3 Å². The van der Waals surface area contributed by atoms with Crippen molar-refractivity contribution in [3.63, 3.8) is 0 Å². The first-order chi connectivity index (χ1) is 13.0. The molecule has 0 saturated heterocycles. The van der Waals surface area contributed by atoms with Gasteiger partial charge in [0.15, 0.2) is 6.61 Å². The van der Waals surface area contributed by atoms with Crippen molar-refractivity contribution >= 4 is 39.8 Å². The van der Waals surface area contributed by atoms with Crippen LogP contribution in [0.2, 0.25) is 5.02 Å². The molecule has 0 bridgehead atoms. The standard InChI is InChI=1S/C20H18ClNO4S/c1-3-6-22(11-14-5-4-7-27-14)19(23)12-25-18-10-17-15(9-16(18)21)13(2)8-20(24)26-17/h3-5,7-10H,1,6,11-12H2,2H3. The van der Waals surface area contributed by atoms with Crippen LogP contribution in [0.4, 0.5) is 0 Å². The van der Waals surface area contributed by atoms with Gasteiger partial charge in [-0.05, 0) is 30.0 Å². The summed E-state index contributed by atoms with van der Waals surface area (Å²) < 4.78 is 10.8. The van der Waals surface area contributed by atoms with E-state index in [0.717, 1.165) is 15.8 Å². The van der Waals surface area contributed by atoms with Gasteiger partial charge in [-0.15, -0.1) is 17.9 Å². The summed E-state index contributed by atoms with van der Waals surface area (Å²) in [4.78, 5) is 26.9. The maximum Gasteiger partial charge on any atom is 0.336 e. The van der Waals surface area contributed by atoms with Gasteiger partial charge in [-0.3, -0.25) is 4.79 Å². The SMILES string of the molecule is C=CCN(Cc1cccs1)C(=O)COc1cc2oc(=O)cc(C)c2cc1Cl. The number of rotatable bonds is 7. The zero-order chi connectivity index (χ0) is 19.4. The normalized spacial score (nSPS) is 10.7. The largest absolute Gasteiger partial charge is 0.482 e. The van der Waals surface area contributed by atoms with Crippen LogP contribution < -0.4 is 10.4 Å². The number of amides is 1. The number of carbonyl (C=O) groups is 1. The van der Waals surface area contributed by atoms with Crippen molar-refractivity contribution in [1.29, 1.82) is 0 Å². The van der Waals surface area contributed by atoms with Crippen LogP contribution in [0.25, 0.3) is 11.0 Å². The summed E-state index contributed by atoms with van der Waals surface area (Å²) in [5, 5.41) is 3.04. The van der Waals surface area contributed by atoms with Crippen LogP contribution in [-0.2, 0) is 11.3 Å². The summed E-state index contributed by atoms with van der Waals surface area (Å²) in [7, 11) is 0. The van der Waals surface area contributed by atoms with Crippen LogP contribution >= 0.6 is 22.9 Å². The summed E-state index contributed by atoms with van der Waals surface area (Å²) in [6.45, 7) is 6.23. The highest BCUT2D eigenvalue weighted by atomic mass is 35.5. The molecule has 0 spiro atoms. The topological polar surface area (TPSA) is 59.8 Å². The molecule has 27 heavy (non-hydrogen) atoms. The molecule has 0 fully saturated rings. The number of hydrogen-bond donors (Lipinski definition) is 0. The van der Waals surface area contributed by atoms with Gasteiger partial charge < -0.3 is 14.1 Å². The molecular weight excluding hydrogens is 386 g/mol. The van der Waals surface area contributed by atoms with Gasteiger partial charge in [-0.1, -0.05) is 23.7 Å². The van der Waals surface area contributed by atoms with Crippen LogP contribution in [0.5, 0.6) is 5.75 Å². The van der Waals surface area contributed by atoms with Crippen molar-refractivity contribution in [1.82, 2.24) is 4.90 Å². The van der Waals surface area contributed by atoms with Crippen LogP contribution in [0.1, 0.15) is 10.4 Å². The number of fused-ring (bicyclic) bond motifs is 1. The van der Waals surface area contributed by atoms with E-state index in [2.05, 4.69) is 6.58 Å². The lowest BCUT2D eigenvalue weighted by molar-refractivity contribution is -0.133. The third kappa shape index (κ3) is 4.59. The van der Waals surface area contributed by atoms with Gasteiger partial charge in [-0.25, -0.2) is 4.79 Å². The Morgan fingerprint density at radius 1 is 1.41 bits per heavy atom. The minimum Gasteiger partial charge on any atom is -0.482 e. The Labute approximate surface area is 165 Å².